The van der Waals surface area contributed by atoms with E-state index < -0.39 is 10.1 Å². The molecule has 13 heteroatoms. The van der Waals surface area contributed by atoms with Crippen LogP contribution >= 0.6 is 113 Å². The SMILES string of the molecule is O=C(Oc1cc(I)c(S(=O)(=O)O)c(I)c1)C1CCCC2C(C(=O)Oc3c(I)cc(I)cc3I)CCCC12. The molecule has 7 nitrogen and oxygen atoms in total. The lowest BCUT2D eigenvalue weighted by Gasteiger charge is -2.43. The van der Waals surface area contributed by atoms with Crippen LogP contribution in [0.15, 0.2) is 29.2 Å². The molecule has 0 spiro atoms. The third-order valence-electron chi connectivity index (χ3n) is 6.91. The topological polar surface area (TPSA) is 107 Å². The van der Waals surface area contributed by atoms with Gasteiger partial charge in [-0.15, -0.1) is 0 Å². The average Bonchev–Trinajstić information content (AvgIpc) is 2.79. The van der Waals surface area contributed by atoms with E-state index in [1.165, 1.54) is 12.1 Å². The molecule has 2 aliphatic rings. The number of carbonyl (C=O) groups is 2. The van der Waals surface area contributed by atoms with Crippen LogP contribution < -0.4 is 9.47 Å². The summed E-state index contributed by atoms with van der Waals surface area (Å²) in [4.78, 5) is 26.5. The Bertz CT molecular complexity index is 1300. The minimum atomic E-state index is -4.39. The van der Waals surface area contributed by atoms with Crippen molar-refractivity contribution in [3.63, 3.8) is 0 Å². The van der Waals surface area contributed by atoms with E-state index >= 15 is 0 Å². The van der Waals surface area contributed by atoms with Crippen molar-refractivity contribution in [2.45, 2.75) is 43.4 Å². The Morgan fingerprint density at radius 3 is 1.65 bits per heavy atom. The zero-order valence-corrected chi connectivity index (χ0v) is 30.7. The molecule has 2 aromatic rings. The molecule has 0 heterocycles. The van der Waals surface area contributed by atoms with Crippen LogP contribution in [0.1, 0.15) is 38.5 Å². The first kappa shape index (κ1) is 30.9. The normalized spacial score (nSPS) is 23.7. The lowest BCUT2D eigenvalue weighted by atomic mass is 9.61. The first-order valence-electron chi connectivity index (χ1n) is 11.4. The predicted molar refractivity (Wildman–Crippen MR) is 179 cm³/mol. The van der Waals surface area contributed by atoms with Gasteiger partial charge in [-0.2, -0.15) is 8.42 Å². The molecule has 2 saturated carbocycles. The highest BCUT2D eigenvalue weighted by Gasteiger charge is 2.46. The molecule has 0 saturated heterocycles. The van der Waals surface area contributed by atoms with Crippen molar-refractivity contribution in [3.05, 3.63) is 42.1 Å². The van der Waals surface area contributed by atoms with Crippen LogP contribution in [-0.4, -0.2) is 24.9 Å². The van der Waals surface area contributed by atoms with Crippen LogP contribution in [0.3, 0.4) is 0 Å². The summed E-state index contributed by atoms with van der Waals surface area (Å²) in [7, 11) is -4.39. The number of rotatable bonds is 5. The molecule has 4 unspecified atom stereocenters. The first-order valence-corrected chi connectivity index (χ1v) is 18.2. The molecule has 0 aliphatic heterocycles. The van der Waals surface area contributed by atoms with Crippen LogP contribution in [0.4, 0.5) is 0 Å². The maximum atomic E-state index is 13.3. The fourth-order valence-corrected chi connectivity index (χ4v) is 13.2. The molecule has 1 N–H and O–H groups in total. The van der Waals surface area contributed by atoms with E-state index in [-0.39, 0.29) is 53.4 Å². The fourth-order valence-electron chi connectivity index (χ4n) is 5.42. The van der Waals surface area contributed by atoms with Gasteiger partial charge < -0.3 is 9.47 Å². The zero-order valence-electron chi connectivity index (χ0n) is 19.1. The third-order valence-corrected chi connectivity index (χ3v) is 12.5. The second kappa shape index (κ2) is 12.8. The molecule has 0 bridgehead atoms. The van der Waals surface area contributed by atoms with Gasteiger partial charge in [-0.05, 0) is 175 Å². The molecule has 0 aromatic heterocycles. The second-order valence-corrected chi connectivity index (χ2v) is 16.4. The molecule has 2 fully saturated rings. The Morgan fingerprint density at radius 1 is 0.730 bits per heavy atom. The number of hydrogen-bond acceptors (Lipinski definition) is 6. The fraction of sp³-hybridized carbons (Fsp3) is 0.417. The highest BCUT2D eigenvalue weighted by atomic mass is 127. The van der Waals surface area contributed by atoms with Crippen molar-refractivity contribution in [1.29, 1.82) is 0 Å². The molecular weight excluding hydrogens is 1070 g/mol. The highest BCUT2D eigenvalue weighted by Crippen LogP contribution is 2.48. The number of benzene rings is 2. The largest absolute Gasteiger partial charge is 0.426 e. The van der Waals surface area contributed by atoms with Crippen LogP contribution in [0, 0.1) is 41.5 Å². The van der Waals surface area contributed by atoms with Crippen molar-refractivity contribution >= 4 is 135 Å². The number of carbonyl (C=O) groups excluding carboxylic acids is 2. The Kier molecular flexibility index (Phi) is 10.7. The van der Waals surface area contributed by atoms with Gasteiger partial charge in [-0.3, -0.25) is 14.1 Å². The quantitative estimate of drug-likeness (QED) is 0.145. The Hall–Kier alpha value is 0.940. The number of halogens is 5. The minimum absolute atomic E-state index is 0.0256. The van der Waals surface area contributed by atoms with E-state index in [1.807, 2.05) is 12.1 Å². The van der Waals surface area contributed by atoms with Crippen LogP contribution in [-0.2, 0) is 19.7 Å². The summed E-state index contributed by atoms with van der Waals surface area (Å²) >= 11 is 10.2. The summed E-state index contributed by atoms with van der Waals surface area (Å²) in [5.41, 5.74) is 0. The average molecular weight is 1090 g/mol. The smallest absolute Gasteiger partial charge is 0.314 e. The Balaban J connectivity index is 1.50. The Labute approximate surface area is 283 Å². The molecule has 4 atom stereocenters. The van der Waals surface area contributed by atoms with E-state index in [1.54, 1.807) is 45.2 Å². The number of ether oxygens (including phenoxy) is 2. The summed E-state index contributed by atoms with van der Waals surface area (Å²) in [6, 6.07) is 6.84. The van der Waals surface area contributed by atoms with Crippen LogP contribution in [0.2, 0.25) is 0 Å². The first-order chi connectivity index (χ1) is 17.4. The summed E-state index contributed by atoms with van der Waals surface area (Å²) in [6.07, 6.45) is 4.81. The maximum Gasteiger partial charge on any atom is 0.314 e. The van der Waals surface area contributed by atoms with Gasteiger partial charge in [0.25, 0.3) is 10.1 Å². The van der Waals surface area contributed by atoms with Gasteiger partial charge in [0.05, 0.1) is 19.0 Å². The zero-order chi connectivity index (χ0) is 27.1. The van der Waals surface area contributed by atoms with Gasteiger partial charge in [0, 0.05) is 10.7 Å². The van der Waals surface area contributed by atoms with E-state index in [0.29, 0.717) is 12.2 Å². The number of esters is 2. The van der Waals surface area contributed by atoms with Crippen LogP contribution in [0.25, 0.3) is 0 Å². The molecule has 0 amide bonds. The van der Waals surface area contributed by atoms with Crippen molar-refractivity contribution in [3.8, 4) is 11.5 Å². The summed E-state index contributed by atoms with van der Waals surface area (Å²) in [5.74, 6) is -0.296. The lowest BCUT2D eigenvalue weighted by Crippen LogP contribution is -2.44. The van der Waals surface area contributed by atoms with Gasteiger partial charge in [-0.25, -0.2) is 0 Å². The van der Waals surface area contributed by atoms with Gasteiger partial charge in [0.1, 0.15) is 10.6 Å². The standard InChI is InChI=1S/C24H21I5O7S/c25-11-7-17(26)21(18(27)8-11)36-24(31)16-6-2-3-13-14(16)4-1-5-15(13)23(30)35-12-9-19(28)22(20(29)10-12)37(32,33)34/h7-10,13-16H,1-6H2,(H,32,33,34). The van der Waals surface area contributed by atoms with Gasteiger partial charge in [0.15, 0.2) is 5.75 Å². The Morgan fingerprint density at radius 2 is 1.19 bits per heavy atom. The molecule has 200 valence electrons. The van der Waals surface area contributed by atoms with Crippen molar-refractivity contribution in [2.75, 3.05) is 0 Å². The van der Waals surface area contributed by atoms with Crippen molar-refractivity contribution in [2.24, 2.45) is 23.7 Å². The molecule has 37 heavy (non-hydrogen) atoms. The molecule has 2 aliphatic carbocycles. The molecular formula is C24H21I5O7S. The van der Waals surface area contributed by atoms with Gasteiger partial charge in [-0.1, -0.05) is 12.8 Å². The van der Waals surface area contributed by atoms with E-state index in [2.05, 4.69) is 67.8 Å². The molecule has 2 aromatic carbocycles. The van der Waals surface area contributed by atoms with Gasteiger partial charge >= 0.3 is 11.9 Å². The number of fused-ring (bicyclic) bond motifs is 1. The summed E-state index contributed by atoms with van der Waals surface area (Å²) in [6.45, 7) is 0. The van der Waals surface area contributed by atoms with Crippen LogP contribution in [0.5, 0.6) is 11.5 Å². The van der Waals surface area contributed by atoms with Crippen molar-refractivity contribution < 1.29 is 32.0 Å². The van der Waals surface area contributed by atoms with Crippen molar-refractivity contribution in [1.82, 2.24) is 0 Å². The summed E-state index contributed by atoms with van der Waals surface area (Å²) in [5, 5.41) is 0. The lowest BCUT2D eigenvalue weighted by molar-refractivity contribution is -0.151. The third kappa shape index (κ3) is 7.24. The van der Waals surface area contributed by atoms with E-state index in [9.17, 15) is 22.6 Å². The van der Waals surface area contributed by atoms with E-state index in [4.69, 9.17) is 9.47 Å². The second-order valence-electron chi connectivity index (χ2n) is 9.13. The predicted octanol–water partition coefficient (Wildman–Crippen LogP) is 7.30. The molecule has 0 radical (unpaired) electrons. The maximum absolute atomic E-state index is 13.3. The summed E-state index contributed by atoms with van der Waals surface area (Å²) < 4.78 is 47.9. The minimum Gasteiger partial charge on any atom is -0.426 e. The molecule has 4 rings (SSSR count). The monoisotopic (exact) mass is 1090 g/mol. The van der Waals surface area contributed by atoms with Gasteiger partial charge in [0.2, 0.25) is 0 Å². The highest BCUT2D eigenvalue weighted by molar-refractivity contribution is 14.1. The number of hydrogen-bond donors (Lipinski definition) is 1. The van der Waals surface area contributed by atoms with E-state index in [0.717, 1.165) is 42.8 Å².